The number of amides is 2. The first-order valence-corrected chi connectivity index (χ1v) is 7.72. The van der Waals surface area contributed by atoms with Crippen LogP contribution in [0.1, 0.15) is 24.0 Å². The number of nitrogens with two attached hydrogens (primary N) is 1. The molecule has 3 N–H and O–H groups in total. The van der Waals surface area contributed by atoms with Crippen LogP contribution in [0.4, 0.5) is 13.2 Å². The van der Waals surface area contributed by atoms with Gasteiger partial charge in [0, 0.05) is 19.6 Å². The molecule has 0 aromatic heterocycles. The van der Waals surface area contributed by atoms with Crippen LogP contribution < -0.4 is 11.1 Å². The van der Waals surface area contributed by atoms with Crippen molar-refractivity contribution >= 4 is 11.8 Å². The molecule has 2 amide bonds. The highest BCUT2D eigenvalue weighted by molar-refractivity contribution is 6.34. The van der Waals surface area contributed by atoms with Gasteiger partial charge in [-0.25, -0.2) is 0 Å². The highest BCUT2D eigenvalue weighted by atomic mass is 19.4. The van der Waals surface area contributed by atoms with Gasteiger partial charge in [0.05, 0.1) is 5.56 Å². The number of hydrogen-bond acceptors (Lipinski definition) is 3. The lowest BCUT2D eigenvalue weighted by atomic mass is 9.96. The molecule has 24 heavy (non-hydrogen) atoms. The first-order chi connectivity index (χ1) is 11.3. The van der Waals surface area contributed by atoms with Crippen molar-refractivity contribution in [3.05, 3.63) is 35.4 Å². The second kappa shape index (κ2) is 7.65. The van der Waals surface area contributed by atoms with Crippen molar-refractivity contribution in [3.8, 4) is 0 Å². The summed E-state index contributed by atoms with van der Waals surface area (Å²) in [6, 6.07) is 5.55. The van der Waals surface area contributed by atoms with E-state index in [1.807, 2.05) is 4.90 Å². The van der Waals surface area contributed by atoms with Gasteiger partial charge in [-0.3, -0.25) is 14.5 Å². The zero-order valence-corrected chi connectivity index (χ0v) is 13.1. The van der Waals surface area contributed by atoms with Crippen LogP contribution in [0.3, 0.4) is 0 Å². The average Bonchev–Trinajstić information content (AvgIpc) is 2.52. The Bertz CT molecular complexity index is 604. The molecule has 1 aliphatic heterocycles. The van der Waals surface area contributed by atoms with Crippen LogP contribution in [-0.2, 0) is 22.3 Å². The second-order valence-corrected chi connectivity index (χ2v) is 5.97. The van der Waals surface area contributed by atoms with E-state index in [0.717, 1.165) is 18.9 Å². The number of likely N-dealkylation sites (tertiary alicyclic amines) is 1. The Morgan fingerprint density at radius 1 is 1.29 bits per heavy atom. The lowest BCUT2D eigenvalue weighted by Gasteiger charge is -2.33. The maximum absolute atomic E-state index is 13.1. The third-order valence-electron chi connectivity index (χ3n) is 4.09. The smallest absolute Gasteiger partial charge is 0.361 e. The molecule has 0 unspecified atom stereocenters. The average molecular weight is 343 g/mol. The molecule has 0 saturated carbocycles. The highest BCUT2D eigenvalue weighted by Gasteiger charge is 2.33. The lowest BCUT2D eigenvalue weighted by Crippen LogP contribution is -2.43. The summed E-state index contributed by atoms with van der Waals surface area (Å²) in [6.07, 6.45) is -2.71. The Morgan fingerprint density at radius 2 is 2.00 bits per heavy atom. The van der Waals surface area contributed by atoms with Crippen molar-refractivity contribution in [1.82, 2.24) is 10.2 Å². The fraction of sp³-hybridized carbons (Fsp3) is 0.500. The van der Waals surface area contributed by atoms with Crippen LogP contribution in [0.15, 0.2) is 24.3 Å². The van der Waals surface area contributed by atoms with Crippen LogP contribution >= 0.6 is 0 Å². The van der Waals surface area contributed by atoms with E-state index in [4.69, 9.17) is 5.73 Å². The third-order valence-corrected chi connectivity index (χ3v) is 4.09. The fourth-order valence-corrected chi connectivity index (χ4v) is 2.96. The zero-order valence-electron chi connectivity index (χ0n) is 13.1. The minimum atomic E-state index is -4.37. The number of rotatable bonds is 4. The second-order valence-electron chi connectivity index (χ2n) is 5.97. The first-order valence-electron chi connectivity index (χ1n) is 7.72. The number of halogens is 3. The summed E-state index contributed by atoms with van der Waals surface area (Å²) in [5.74, 6) is -1.79. The maximum Gasteiger partial charge on any atom is 0.416 e. The number of nitrogens with one attached hydrogen (secondary N) is 1. The van der Waals surface area contributed by atoms with E-state index in [2.05, 4.69) is 5.32 Å². The summed E-state index contributed by atoms with van der Waals surface area (Å²) in [5.41, 5.74) is 4.50. The van der Waals surface area contributed by atoms with E-state index in [9.17, 15) is 22.8 Å². The topological polar surface area (TPSA) is 75.4 Å². The van der Waals surface area contributed by atoms with E-state index in [1.54, 1.807) is 6.07 Å². The summed E-state index contributed by atoms with van der Waals surface area (Å²) in [7, 11) is 0. The van der Waals surface area contributed by atoms with Crippen LogP contribution in [0.25, 0.3) is 0 Å². The van der Waals surface area contributed by atoms with Crippen LogP contribution in [0, 0.1) is 5.92 Å². The number of primary amides is 1. The molecule has 132 valence electrons. The Balaban J connectivity index is 1.96. The summed E-state index contributed by atoms with van der Waals surface area (Å²) in [5, 5.41) is 2.45. The van der Waals surface area contributed by atoms with Gasteiger partial charge in [-0.05, 0) is 36.9 Å². The van der Waals surface area contributed by atoms with Crippen LogP contribution in [0.2, 0.25) is 0 Å². The Labute approximate surface area is 138 Å². The largest absolute Gasteiger partial charge is 0.416 e. The van der Waals surface area contributed by atoms with Gasteiger partial charge >= 0.3 is 18.0 Å². The Morgan fingerprint density at radius 3 is 2.67 bits per heavy atom. The van der Waals surface area contributed by atoms with Crippen molar-refractivity contribution < 1.29 is 22.8 Å². The number of carbonyl (C=O) groups is 2. The number of nitrogens with zero attached hydrogens (tertiary/aromatic N) is 1. The van der Waals surface area contributed by atoms with Crippen LogP contribution in [-0.4, -0.2) is 36.3 Å². The number of hydrogen-bond donors (Lipinski definition) is 2. The summed E-state index contributed by atoms with van der Waals surface area (Å²) < 4.78 is 39.2. The Hall–Kier alpha value is -2.09. The van der Waals surface area contributed by atoms with Crippen molar-refractivity contribution in [1.29, 1.82) is 0 Å². The SMILES string of the molecule is NC(=O)C(=O)NC[C@@H]1CCCN(Cc2ccccc2C(F)(F)F)C1. The van der Waals surface area contributed by atoms with Gasteiger partial charge < -0.3 is 11.1 Å². The predicted molar refractivity (Wildman–Crippen MR) is 81.6 cm³/mol. The third kappa shape index (κ3) is 4.95. The molecule has 1 aliphatic rings. The van der Waals surface area contributed by atoms with E-state index >= 15 is 0 Å². The van der Waals surface area contributed by atoms with Crippen LogP contribution in [0.5, 0.6) is 0 Å². The molecule has 0 bridgehead atoms. The van der Waals surface area contributed by atoms with Crippen molar-refractivity contribution in [2.75, 3.05) is 19.6 Å². The normalized spacial score (nSPS) is 19.0. The van der Waals surface area contributed by atoms with Crippen molar-refractivity contribution in [2.45, 2.75) is 25.6 Å². The molecular formula is C16H20F3N3O2. The summed E-state index contributed by atoms with van der Waals surface area (Å²) in [4.78, 5) is 23.8. The van der Waals surface area contributed by atoms with Gasteiger partial charge in [0.25, 0.3) is 0 Å². The predicted octanol–water partition coefficient (Wildman–Crippen LogP) is 1.52. The first kappa shape index (κ1) is 18.3. The lowest BCUT2D eigenvalue weighted by molar-refractivity contribution is -0.138. The molecule has 0 aliphatic carbocycles. The molecule has 5 nitrogen and oxygen atoms in total. The van der Waals surface area contributed by atoms with Gasteiger partial charge in [-0.2, -0.15) is 13.2 Å². The van der Waals surface area contributed by atoms with Gasteiger partial charge in [-0.15, -0.1) is 0 Å². The monoisotopic (exact) mass is 343 g/mol. The molecule has 1 aromatic carbocycles. The molecule has 8 heteroatoms. The van der Waals surface area contributed by atoms with Crippen molar-refractivity contribution in [3.63, 3.8) is 0 Å². The minimum Gasteiger partial charge on any atom is -0.361 e. The van der Waals surface area contributed by atoms with Gasteiger partial charge in [0.1, 0.15) is 0 Å². The standard InChI is InChI=1S/C16H20F3N3O2/c17-16(18,19)13-6-2-1-5-12(13)10-22-7-3-4-11(9-22)8-21-15(24)14(20)23/h1-2,5-6,11H,3-4,7-10H2,(H2,20,23)(H,21,24)/t11-/m0/s1. The van der Waals surface area contributed by atoms with Gasteiger partial charge in [0.15, 0.2) is 0 Å². The maximum atomic E-state index is 13.1. The molecule has 1 fully saturated rings. The molecule has 1 atom stereocenters. The molecule has 2 rings (SSSR count). The molecular weight excluding hydrogens is 323 g/mol. The van der Waals surface area contributed by atoms with E-state index < -0.39 is 23.6 Å². The molecule has 0 radical (unpaired) electrons. The molecule has 0 spiro atoms. The van der Waals surface area contributed by atoms with E-state index in [-0.39, 0.29) is 18.0 Å². The quantitative estimate of drug-likeness (QED) is 0.814. The van der Waals surface area contributed by atoms with Crippen molar-refractivity contribution in [2.24, 2.45) is 11.7 Å². The number of carbonyl (C=O) groups excluding carboxylic acids is 2. The highest BCUT2D eigenvalue weighted by Crippen LogP contribution is 2.32. The summed E-state index contributed by atoms with van der Waals surface area (Å²) in [6.45, 7) is 1.76. The molecule has 1 heterocycles. The Kier molecular flexibility index (Phi) is 5.82. The fourth-order valence-electron chi connectivity index (χ4n) is 2.96. The molecule has 1 saturated heterocycles. The number of alkyl halides is 3. The number of piperidine rings is 1. The van der Waals surface area contributed by atoms with Gasteiger partial charge in [-0.1, -0.05) is 18.2 Å². The minimum absolute atomic E-state index is 0.0834. The number of benzene rings is 1. The summed E-state index contributed by atoms with van der Waals surface area (Å²) >= 11 is 0. The van der Waals surface area contributed by atoms with E-state index in [0.29, 0.717) is 19.6 Å². The molecule has 1 aromatic rings. The van der Waals surface area contributed by atoms with Gasteiger partial charge in [0.2, 0.25) is 0 Å². The van der Waals surface area contributed by atoms with E-state index in [1.165, 1.54) is 12.1 Å². The zero-order chi connectivity index (χ0) is 17.7.